The van der Waals surface area contributed by atoms with Gasteiger partial charge in [0, 0.05) is 44.8 Å². The van der Waals surface area contributed by atoms with Crippen molar-refractivity contribution in [1.29, 1.82) is 0 Å². The summed E-state index contributed by atoms with van der Waals surface area (Å²) >= 11 is 0. The number of aliphatic hydroxyl groups is 1. The summed E-state index contributed by atoms with van der Waals surface area (Å²) in [5.41, 5.74) is 0.566. The van der Waals surface area contributed by atoms with Gasteiger partial charge in [0.2, 0.25) is 5.88 Å². The summed E-state index contributed by atoms with van der Waals surface area (Å²) in [6.45, 7) is 2.93. The number of ether oxygens (including phenoxy) is 5. The molecule has 1 aromatic heterocycles. The summed E-state index contributed by atoms with van der Waals surface area (Å²) in [6, 6.07) is 13.5. The van der Waals surface area contributed by atoms with Gasteiger partial charge in [-0.3, -0.25) is 0 Å². The van der Waals surface area contributed by atoms with Crippen LogP contribution in [0, 0.1) is 0 Å². The molecule has 2 aliphatic rings. The predicted molar refractivity (Wildman–Crippen MR) is 114 cm³/mol. The molecule has 3 heterocycles. The summed E-state index contributed by atoms with van der Waals surface area (Å²) in [5, 5.41) is 11.1. The highest BCUT2D eigenvalue weighted by atomic mass is 16.7. The van der Waals surface area contributed by atoms with Crippen LogP contribution in [-0.4, -0.2) is 49.4 Å². The number of rotatable bonds is 9. The Morgan fingerprint density at radius 3 is 2.61 bits per heavy atom. The van der Waals surface area contributed by atoms with Crippen LogP contribution in [0.1, 0.15) is 43.4 Å². The smallest absolute Gasteiger partial charge is 0.217 e. The topological polar surface area (TPSA) is 79.3 Å². The highest BCUT2D eigenvalue weighted by Crippen LogP contribution is 2.34. The first-order valence-corrected chi connectivity index (χ1v) is 11.1. The molecule has 1 unspecified atom stereocenters. The largest absolute Gasteiger partial charge is 0.489 e. The van der Waals surface area contributed by atoms with Crippen molar-refractivity contribution in [3.63, 3.8) is 0 Å². The van der Waals surface area contributed by atoms with Crippen molar-refractivity contribution in [2.45, 2.75) is 50.6 Å². The molecule has 0 saturated carbocycles. The van der Waals surface area contributed by atoms with Gasteiger partial charge >= 0.3 is 0 Å². The lowest BCUT2D eigenvalue weighted by Gasteiger charge is -2.31. The number of nitrogens with zero attached hydrogens (tertiary/aromatic N) is 1. The van der Waals surface area contributed by atoms with Crippen LogP contribution < -0.4 is 9.47 Å². The van der Waals surface area contributed by atoms with Gasteiger partial charge in [0.15, 0.2) is 6.29 Å². The highest BCUT2D eigenvalue weighted by molar-refractivity contribution is 5.33. The zero-order valence-electron chi connectivity index (χ0n) is 17.8. The van der Waals surface area contributed by atoms with Crippen molar-refractivity contribution in [3.05, 3.63) is 53.7 Å². The standard InChI is InChI=1S/C24H31NO6/c26-24(9-12-27-13-10-24)21-16-20(31-18-19-6-2-1-3-7-19)17-22(25-21)28-14-15-30-23-8-4-5-11-29-23/h1-3,6-7,16-17,23,26H,4-5,8-15,18H2. The Morgan fingerprint density at radius 2 is 1.84 bits per heavy atom. The van der Waals surface area contributed by atoms with E-state index in [2.05, 4.69) is 4.98 Å². The lowest BCUT2D eigenvalue weighted by molar-refractivity contribution is -0.165. The van der Waals surface area contributed by atoms with Crippen molar-refractivity contribution < 1.29 is 28.8 Å². The van der Waals surface area contributed by atoms with Crippen LogP contribution in [0.5, 0.6) is 11.6 Å². The van der Waals surface area contributed by atoms with E-state index in [1.165, 1.54) is 0 Å². The van der Waals surface area contributed by atoms with Crippen LogP contribution in [0.25, 0.3) is 0 Å². The Labute approximate surface area is 183 Å². The Hall–Kier alpha value is -2.19. The van der Waals surface area contributed by atoms with E-state index in [1.807, 2.05) is 30.3 Å². The van der Waals surface area contributed by atoms with Crippen LogP contribution in [0.2, 0.25) is 0 Å². The van der Waals surface area contributed by atoms with E-state index in [4.69, 9.17) is 23.7 Å². The lowest BCUT2D eigenvalue weighted by Crippen LogP contribution is -2.34. The van der Waals surface area contributed by atoms with Crippen molar-refractivity contribution in [2.75, 3.05) is 33.0 Å². The summed E-state index contributed by atoms with van der Waals surface area (Å²) in [7, 11) is 0. The summed E-state index contributed by atoms with van der Waals surface area (Å²) in [4.78, 5) is 4.57. The second-order valence-electron chi connectivity index (χ2n) is 7.96. The van der Waals surface area contributed by atoms with E-state index in [-0.39, 0.29) is 6.29 Å². The van der Waals surface area contributed by atoms with Crippen LogP contribution >= 0.6 is 0 Å². The number of hydrogen-bond acceptors (Lipinski definition) is 7. The molecule has 2 aliphatic heterocycles. The van der Waals surface area contributed by atoms with Crippen molar-refractivity contribution in [1.82, 2.24) is 4.98 Å². The maximum atomic E-state index is 11.1. The zero-order chi connectivity index (χ0) is 21.4. The molecule has 4 rings (SSSR count). The average molecular weight is 430 g/mol. The monoisotopic (exact) mass is 429 g/mol. The lowest BCUT2D eigenvalue weighted by atomic mass is 9.90. The number of benzene rings is 1. The second kappa shape index (κ2) is 10.9. The molecule has 0 amide bonds. The molecule has 1 N–H and O–H groups in total. The van der Waals surface area contributed by atoms with Gasteiger partial charge in [-0.15, -0.1) is 0 Å². The first-order chi connectivity index (χ1) is 15.2. The summed E-state index contributed by atoms with van der Waals surface area (Å²) in [5.74, 6) is 1.02. The second-order valence-corrected chi connectivity index (χ2v) is 7.96. The van der Waals surface area contributed by atoms with Gasteiger partial charge in [-0.05, 0) is 24.8 Å². The third kappa shape index (κ3) is 6.40. The highest BCUT2D eigenvalue weighted by Gasteiger charge is 2.34. The van der Waals surface area contributed by atoms with Crippen LogP contribution in [0.4, 0.5) is 0 Å². The fourth-order valence-corrected chi connectivity index (χ4v) is 3.75. The molecule has 0 radical (unpaired) electrons. The van der Waals surface area contributed by atoms with Gasteiger partial charge in [0.1, 0.15) is 24.6 Å². The molecule has 2 fully saturated rings. The Morgan fingerprint density at radius 1 is 1.00 bits per heavy atom. The van der Waals surface area contributed by atoms with Gasteiger partial charge in [-0.2, -0.15) is 0 Å². The molecule has 31 heavy (non-hydrogen) atoms. The molecule has 2 saturated heterocycles. The van der Waals surface area contributed by atoms with Gasteiger partial charge in [-0.1, -0.05) is 30.3 Å². The molecule has 7 nitrogen and oxygen atoms in total. The SMILES string of the molecule is OC1(c2cc(OCc3ccccc3)cc(OCCOC3CCCCO3)n2)CCOCC1. The van der Waals surface area contributed by atoms with E-state index in [0.29, 0.717) is 63.2 Å². The minimum atomic E-state index is -1.05. The van der Waals surface area contributed by atoms with Gasteiger partial charge in [0.25, 0.3) is 0 Å². The Kier molecular flexibility index (Phi) is 7.75. The van der Waals surface area contributed by atoms with Crippen molar-refractivity contribution in [2.24, 2.45) is 0 Å². The quantitative estimate of drug-likeness (QED) is 0.611. The fraction of sp³-hybridized carbons (Fsp3) is 0.542. The molecule has 2 aromatic rings. The average Bonchev–Trinajstić information content (AvgIpc) is 2.82. The zero-order valence-corrected chi connectivity index (χ0v) is 17.8. The number of aromatic nitrogens is 1. The summed E-state index contributed by atoms with van der Waals surface area (Å²) in [6.07, 6.45) is 3.96. The van der Waals surface area contributed by atoms with Crippen molar-refractivity contribution in [3.8, 4) is 11.6 Å². The molecule has 0 spiro atoms. The van der Waals surface area contributed by atoms with E-state index in [0.717, 1.165) is 31.4 Å². The molecule has 1 atom stereocenters. The summed E-state index contributed by atoms with van der Waals surface area (Å²) < 4.78 is 28.6. The van der Waals surface area contributed by atoms with Crippen LogP contribution in [-0.2, 0) is 26.4 Å². The van der Waals surface area contributed by atoms with Crippen molar-refractivity contribution >= 4 is 0 Å². The maximum absolute atomic E-state index is 11.1. The first kappa shape index (κ1) is 22.0. The Balaban J connectivity index is 1.41. The van der Waals surface area contributed by atoms with Gasteiger partial charge in [-0.25, -0.2) is 4.98 Å². The molecule has 168 valence electrons. The predicted octanol–water partition coefficient (Wildman–Crippen LogP) is 3.58. The van der Waals surface area contributed by atoms with E-state index in [1.54, 1.807) is 12.1 Å². The fourth-order valence-electron chi connectivity index (χ4n) is 3.75. The number of hydrogen-bond donors (Lipinski definition) is 1. The first-order valence-electron chi connectivity index (χ1n) is 11.1. The molecule has 1 aromatic carbocycles. The van der Waals surface area contributed by atoms with E-state index < -0.39 is 5.60 Å². The molecule has 7 heteroatoms. The molecule has 0 bridgehead atoms. The van der Waals surface area contributed by atoms with E-state index in [9.17, 15) is 5.11 Å². The van der Waals surface area contributed by atoms with Crippen LogP contribution in [0.15, 0.2) is 42.5 Å². The van der Waals surface area contributed by atoms with Gasteiger partial charge < -0.3 is 28.8 Å². The molecular weight excluding hydrogens is 398 g/mol. The third-order valence-corrected chi connectivity index (χ3v) is 5.60. The van der Waals surface area contributed by atoms with Crippen LogP contribution in [0.3, 0.4) is 0 Å². The number of pyridine rings is 1. The van der Waals surface area contributed by atoms with E-state index >= 15 is 0 Å². The minimum Gasteiger partial charge on any atom is -0.489 e. The maximum Gasteiger partial charge on any atom is 0.217 e. The third-order valence-electron chi connectivity index (χ3n) is 5.60. The van der Waals surface area contributed by atoms with Gasteiger partial charge in [0.05, 0.1) is 12.3 Å². The molecule has 0 aliphatic carbocycles. The normalized spacial score (nSPS) is 20.9. The molecular formula is C24H31NO6. The Bertz CT molecular complexity index is 803. The minimum absolute atomic E-state index is 0.149.